The van der Waals surface area contributed by atoms with Crippen LogP contribution >= 0.6 is 11.8 Å². The lowest BCUT2D eigenvalue weighted by Crippen LogP contribution is -2.64. The van der Waals surface area contributed by atoms with Crippen LogP contribution in [0.3, 0.4) is 0 Å². The van der Waals surface area contributed by atoms with Gasteiger partial charge in [0.2, 0.25) is 11.8 Å². The summed E-state index contributed by atoms with van der Waals surface area (Å²) < 4.78 is 0. The minimum absolute atomic E-state index is 0.213. The van der Waals surface area contributed by atoms with Crippen LogP contribution in [0.1, 0.15) is 13.3 Å². The van der Waals surface area contributed by atoms with Crippen LogP contribution in [0.4, 0.5) is 0 Å². The van der Waals surface area contributed by atoms with E-state index < -0.39 is 18.2 Å². The van der Waals surface area contributed by atoms with Crippen LogP contribution in [-0.2, 0) is 9.59 Å². The highest BCUT2D eigenvalue weighted by Gasteiger charge is 2.35. The Morgan fingerprint density at radius 1 is 1.40 bits per heavy atom. The molecule has 6 heteroatoms. The molecule has 0 saturated carbocycles. The number of piperazine rings is 1. The van der Waals surface area contributed by atoms with Crippen molar-refractivity contribution in [3.8, 4) is 0 Å². The molecule has 2 amide bonds. The molecule has 15 heavy (non-hydrogen) atoms. The second-order valence-electron chi connectivity index (χ2n) is 3.57. The predicted octanol–water partition coefficient (Wildman–Crippen LogP) is -0.897. The van der Waals surface area contributed by atoms with Gasteiger partial charge >= 0.3 is 0 Å². The van der Waals surface area contributed by atoms with E-state index in [0.29, 0.717) is 6.42 Å². The number of aliphatic hydroxyl groups excluding tert-OH is 1. The molecule has 1 fully saturated rings. The van der Waals surface area contributed by atoms with Gasteiger partial charge < -0.3 is 15.7 Å². The second kappa shape index (κ2) is 5.37. The van der Waals surface area contributed by atoms with Crippen LogP contribution in [0.25, 0.3) is 0 Å². The summed E-state index contributed by atoms with van der Waals surface area (Å²) in [5.41, 5.74) is 0. The summed E-state index contributed by atoms with van der Waals surface area (Å²) in [6.07, 6.45) is 1.70. The number of aliphatic hydroxyl groups is 1. The Kier molecular flexibility index (Phi) is 4.41. The molecule has 0 aromatic heterocycles. The van der Waals surface area contributed by atoms with E-state index in [1.807, 2.05) is 6.26 Å². The first-order chi connectivity index (χ1) is 7.06. The first kappa shape index (κ1) is 12.3. The molecule has 0 aromatic rings. The van der Waals surface area contributed by atoms with Gasteiger partial charge in [-0.1, -0.05) is 0 Å². The van der Waals surface area contributed by atoms with Crippen molar-refractivity contribution >= 4 is 23.6 Å². The van der Waals surface area contributed by atoms with Crippen molar-refractivity contribution in [1.29, 1.82) is 0 Å². The van der Waals surface area contributed by atoms with E-state index >= 15 is 0 Å². The van der Waals surface area contributed by atoms with Crippen molar-refractivity contribution in [2.75, 3.05) is 12.0 Å². The van der Waals surface area contributed by atoms with Crippen LogP contribution < -0.4 is 10.6 Å². The highest BCUT2D eigenvalue weighted by molar-refractivity contribution is 7.98. The lowest BCUT2D eigenvalue weighted by atomic mass is 10.1. The predicted molar refractivity (Wildman–Crippen MR) is 58.5 cm³/mol. The number of amides is 2. The molecule has 1 rings (SSSR count). The third-order valence-corrected chi connectivity index (χ3v) is 2.95. The smallest absolute Gasteiger partial charge is 0.245 e. The fourth-order valence-corrected chi connectivity index (χ4v) is 1.90. The van der Waals surface area contributed by atoms with Crippen molar-refractivity contribution in [3.05, 3.63) is 0 Å². The van der Waals surface area contributed by atoms with Crippen molar-refractivity contribution in [2.24, 2.45) is 0 Å². The molecule has 1 saturated heterocycles. The van der Waals surface area contributed by atoms with Crippen LogP contribution in [0.5, 0.6) is 0 Å². The maximum absolute atomic E-state index is 11.5. The molecule has 0 bridgehead atoms. The Balaban J connectivity index is 2.55. The van der Waals surface area contributed by atoms with Crippen molar-refractivity contribution in [2.45, 2.75) is 31.5 Å². The summed E-state index contributed by atoms with van der Waals surface area (Å²) in [6, 6.07) is -1.28. The summed E-state index contributed by atoms with van der Waals surface area (Å²) in [5.74, 6) is 0.294. The van der Waals surface area contributed by atoms with Crippen molar-refractivity contribution in [3.63, 3.8) is 0 Å². The average Bonchev–Trinajstić information content (AvgIpc) is 2.18. The highest BCUT2D eigenvalue weighted by Crippen LogP contribution is 2.07. The Hall–Kier alpha value is -0.750. The Bertz CT molecular complexity index is 258. The average molecular weight is 232 g/mol. The largest absolute Gasteiger partial charge is 0.391 e. The van der Waals surface area contributed by atoms with Gasteiger partial charge in [0, 0.05) is 0 Å². The molecule has 0 unspecified atom stereocenters. The fraction of sp³-hybridized carbons (Fsp3) is 0.778. The van der Waals surface area contributed by atoms with Crippen molar-refractivity contribution in [1.82, 2.24) is 10.6 Å². The molecule has 0 radical (unpaired) electrons. The van der Waals surface area contributed by atoms with Gasteiger partial charge in [0.05, 0.1) is 6.10 Å². The minimum Gasteiger partial charge on any atom is -0.391 e. The summed E-state index contributed by atoms with van der Waals surface area (Å²) in [6.45, 7) is 1.48. The van der Waals surface area contributed by atoms with Crippen LogP contribution in [-0.4, -0.2) is 47.1 Å². The molecule has 1 heterocycles. The van der Waals surface area contributed by atoms with E-state index in [1.54, 1.807) is 11.8 Å². The second-order valence-corrected chi connectivity index (χ2v) is 4.56. The SMILES string of the molecule is CSCC[C@H]1NC(=O)[C@H]([C@@H](C)O)NC1=O. The Morgan fingerprint density at radius 3 is 2.60 bits per heavy atom. The molecule has 0 aliphatic carbocycles. The first-order valence-corrected chi connectivity index (χ1v) is 6.23. The maximum Gasteiger partial charge on any atom is 0.245 e. The number of rotatable bonds is 4. The molecule has 3 atom stereocenters. The number of thioether (sulfide) groups is 1. The molecular weight excluding hydrogens is 216 g/mol. The molecule has 3 N–H and O–H groups in total. The number of nitrogens with one attached hydrogen (secondary N) is 2. The molecule has 1 aliphatic heterocycles. The van der Waals surface area contributed by atoms with Gasteiger partial charge in [-0.2, -0.15) is 11.8 Å². The zero-order valence-electron chi connectivity index (χ0n) is 8.82. The van der Waals surface area contributed by atoms with E-state index in [4.69, 9.17) is 0 Å². The quantitative estimate of drug-likeness (QED) is 0.587. The van der Waals surface area contributed by atoms with Gasteiger partial charge in [-0.05, 0) is 25.4 Å². The van der Waals surface area contributed by atoms with Gasteiger partial charge in [0.1, 0.15) is 12.1 Å². The molecule has 1 aliphatic rings. The van der Waals surface area contributed by atoms with E-state index in [0.717, 1.165) is 5.75 Å². The topological polar surface area (TPSA) is 78.4 Å². The number of hydrogen-bond donors (Lipinski definition) is 3. The summed E-state index contributed by atoms with van der Waals surface area (Å²) in [5, 5.41) is 14.4. The lowest BCUT2D eigenvalue weighted by Gasteiger charge is -2.30. The Morgan fingerprint density at radius 2 is 2.07 bits per heavy atom. The van der Waals surface area contributed by atoms with Gasteiger partial charge in [0.25, 0.3) is 0 Å². The summed E-state index contributed by atoms with van der Waals surface area (Å²) in [4.78, 5) is 23.0. The van der Waals surface area contributed by atoms with Gasteiger partial charge in [0.15, 0.2) is 0 Å². The lowest BCUT2D eigenvalue weighted by molar-refractivity contribution is -0.139. The van der Waals surface area contributed by atoms with Crippen molar-refractivity contribution < 1.29 is 14.7 Å². The highest BCUT2D eigenvalue weighted by atomic mass is 32.2. The summed E-state index contributed by atoms with van der Waals surface area (Å²) in [7, 11) is 0. The van der Waals surface area contributed by atoms with E-state index in [9.17, 15) is 14.7 Å². The fourth-order valence-electron chi connectivity index (χ4n) is 1.43. The van der Waals surface area contributed by atoms with E-state index in [2.05, 4.69) is 10.6 Å². The monoisotopic (exact) mass is 232 g/mol. The van der Waals surface area contributed by atoms with Crippen LogP contribution in [0.15, 0.2) is 0 Å². The normalized spacial score (nSPS) is 28.2. The van der Waals surface area contributed by atoms with Gasteiger partial charge in [-0.15, -0.1) is 0 Å². The summed E-state index contributed by atoms with van der Waals surface area (Å²) >= 11 is 1.62. The minimum atomic E-state index is -0.865. The van der Waals surface area contributed by atoms with E-state index in [1.165, 1.54) is 6.92 Å². The molecule has 0 spiro atoms. The van der Waals surface area contributed by atoms with Gasteiger partial charge in [-0.3, -0.25) is 9.59 Å². The van der Waals surface area contributed by atoms with Crippen LogP contribution in [0, 0.1) is 0 Å². The number of carbonyl (C=O) groups excluding carboxylic acids is 2. The first-order valence-electron chi connectivity index (χ1n) is 4.84. The zero-order valence-corrected chi connectivity index (χ0v) is 9.63. The number of carbonyl (C=O) groups is 2. The third-order valence-electron chi connectivity index (χ3n) is 2.31. The van der Waals surface area contributed by atoms with Gasteiger partial charge in [-0.25, -0.2) is 0 Å². The molecular formula is C9H16N2O3S. The van der Waals surface area contributed by atoms with Crippen LogP contribution in [0.2, 0.25) is 0 Å². The molecule has 0 aromatic carbocycles. The Labute approximate surface area is 93.0 Å². The third kappa shape index (κ3) is 3.10. The number of hydrogen-bond acceptors (Lipinski definition) is 4. The zero-order chi connectivity index (χ0) is 11.4. The standard InChI is InChI=1S/C9H16N2O3S/c1-5(12)7-9(14)10-6(3-4-15-2)8(13)11-7/h5-7,12H,3-4H2,1-2H3,(H,10,14)(H,11,13)/t5-,6-,7+/m1/s1. The molecule has 86 valence electrons. The molecule has 5 nitrogen and oxygen atoms in total. The maximum atomic E-state index is 11.5. The van der Waals surface area contributed by atoms with E-state index in [-0.39, 0.29) is 11.8 Å².